The Balaban J connectivity index is 0.00000220. The first-order valence-electron chi connectivity index (χ1n) is 8.10. The summed E-state index contributed by atoms with van der Waals surface area (Å²) in [5, 5.41) is 6.48. The number of nitrogens with one attached hydrogen (secondary N) is 2. The lowest BCUT2D eigenvalue weighted by molar-refractivity contribution is -0.127. The molecule has 132 valence electrons. The molecule has 6 heteroatoms. The summed E-state index contributed by atoms with van der Waals surface area (Å²) < 4.78 is 0. The number of rotatable bonds is 5. The van der Waals surface area contributed by atoms with Gasteiger partial charge in [-0.05, 0) is 51.9 Å². The highest BCUT2D eigenvalue weighted by Gasteiger charge is 2.38. The van der Waals surface area contributed by atoms with Crippen LogP contribution in [0.2, 0.25) is 0 Å². The maximum atomic E-state index is 12.3. The zero-order valence-corrected chi connectivity index (χ0v) is 16.0. The zero-order chi connectivity index (χ0) is 14.8. The fourth-order valence-corrected chi connectivity index (χ4v) is 3.65. The van der Waals surface area contributed by atoms with Crippen LogP contribution in [0, 0.1) is 17.8 Å². The van der Waals surface area contributed by atoms with E-state index >= 15 is 0 Å². The maximum absolute atomic E-state index is 12.3. The lowest BCUT2D eigenvalue weighted by Gasteiger charge is -2.45. The number of carbonyl (C=O) groups is 1. The molecule has 0 radical (unpaired) electrons. The number of nitrogens with zero attached hydrogens (tertiary/aromatic N) is 1. The third-order valence-corrected chi connectivity index (χ3v) is 5.54. The number of amides is 1. The molecule has 0 spiro atoms. The fraction of sp³-hybridized carbons (Fsp3) is 0.938. The number of likely N-dealkylation sites (N-methyl/N-ethyl adjacent to an activating group) is 1. The van der Waals surface area contributed by atoms with Crippen LogP contribution in [0.5, 0.6) is 0 Å². The molecule has 1 aliphatic heterocycles. The summed E-state index contributed by atoms with van der Waals surface area (Å²) in [6.45, 7) is 7.18. The Morgan fingerprint density at radius 1 is 1.36 bits per heavy atom. The molecule has 2 aliphatic rings. The third-order valence-electron chi connectivity index (χ3n) is 5.54. The van der Waals surface area contributed by atoms with Gasteiger partial charge in [-0.25, -0.2) is 0 Å². The first-order chi connectivity index (χ1) is 9.44. The van der Waals surface area contributed by atoms with E-state index in [0.717, 1.165) is 25.6 Å². The van der Waals surface area contributed by atoms with Gasteiger partial charge in [-0.1, -0.05) is 26.7 Å². The van der Waals surface area contributed by atoms with Crippen molar-refractivity contribution in [2.75, 3.05) is 33.7 Å². The fourth-order valence-electron chi connectivity index (χ4n) is 3.65. The highest BCUT2D eigenvalue weighted by molar-refractivity contribution is 5.85. The Bertz CT molecular complexity index is 350. The van der Waals surface area contributed by atoms with Crippen molar-refractivity contribution in [1.29, 1.82) is 0 Å². The van der Waals surface area contributed by atoms with Crippen molar-refractivity contribution in [2.24, 2.45) is 17.8 Å². The Kier molecular flexibility index (Phi) is 9.30. The average Bonchev–Trinajstić information content (AvgIpc) is 2.33. The molecule has 2 fully saturated rings. The van der Waals surface area contributed by atoms with Crippen LogP contribution < -0.4 is 10.6 Å². The molecule has 0 aromatic rings. The van der Waals surface area contributed by atoms with Crippen LogP contribution in [0.3, 0.4) is 0 Å². The summed E-state index contributed by atoms with van der Waals surface area (Å²) in [5.74, 6) is 1.65. The molecular weight excluding hydrogens is 321 g/mol. The van der Waals surface area contributed by atoms with Gasteiger partial charge in [0.2, 0.25) is 5.91 Å². The van der Waals surface area contributed by atoms with E-state index in [2.05, 4.69) is 43.5 Å². The minimum absolute atomic E-state index is 0. The van der Waals surface area contributed by atoms with Gasteiger partial charge in [0.1, 0.15) is 0 Å². The second kappa shape index (κ2) is 9.31. The van der Waals surface area contributed by atoms with Crippen molar-refractivity contribution >= 4 is 30.7 Å². The van der Waals surface area contributed by atoms with Gasteiger partial charge in [-0.15, -0.1) is 24.8 Å². The molecule has 1 amide bonds. The van der Waals surface area contributed by atoms with Gasteiger partial charge >= 0.3 is 0 Å². The monoisotopic (exact) mass is 353 g/mol. The largest absolute Gasteiger partial charge is 0.354 e. The molecular formula is C16H33Cl2N3O. The molecule has 1 aliphatic carbocycles. The lowest BCUT2D eigenvalue weighted by Crippen LogP contribution is -2.57. The number of hydrogen-bond donors (Lipinski definition) is 2. The summed E-state index contributed by atoms with van der Waals surface area (Å²) in [5.41, 5.74) is 0.158. The Morgan fingerprint density at radius 2 is 2.00 bits per heavy atom. The number of halogens is 2. The van der Waals surface area contributed by atoms with Crippen molar-refractivity contribution in [3.63, 3.8) is 0 Å². The van der Waals surface area contributed by atoms with E-state index in [9.17, 15) is 4.79 Å². The molecule has 3 atom stereocenters. The molecule has 0 bridgehead atoms. The van der Waals surface area contributed by atoms with E-state index in [-0.39, 0.29) is 42.2 Å². The molecule has 2 N–H and O–H groups in total. The predicted octanol–water partition coefficient (Wildman–Crippen LogP) is 2.31. The second-order valence-corrected chi connectivity index (χ2v) is 7.25. The molecule has 0 aromatic carbocycles. The summed E-state index contributed by atoms with van der Waals surface area (Å²) in [7, 11) is 4.31. The molecule has 0 aromatic heterocycles. The third kappa shape index (κ3) is 4.98. The molecule has 22 heavy (non-hydrogen) atoms. The van der Waals surface area contributed by atoms with E-state index in [4.69, 9.17) is 0 Å². The molecule has 3 unspecified atom stereocenters. The van der Waals surface area contributed by atoms with Crippen molar-refractivity contribution in [1.82, 2.24) is 15.5 Å². The normalized spacial score (nSPS) is 29.8. The van der Waals surface area contributed by atoms with E-state index in [1.54, 1.807) is 0 Å². The topological polar surface area (TPSA) is 44.4 Å². The minimum atomic E-state index is 0. The summed E-state index contributed by atoms with van der Waals surface area (Å²) in [6, 6.07) is 0. The van der Waals surface area contributed by atoms with Crippen LogP contribution in [0.1, 0.15) is 39.5 Å². The van der Waals surface area contributed by atoms with Gasteiger partial charge in [-0.2, -0.15) is 0 Å². The minimum Gasteiger partial charge on any atom is -0.354 e. The molecule has 4 nitrogen and oxygen atoms in total. The van der Waals surface area contributed by atoms with E-state index in [0.29, 0.717) is 5.92 Å². The Morgan fingerprint density at radius 3 is 2.45 bits per heavy atom. The van der Waals surface area contributed by atoms with Gasteiger partial charge in [0.05, 0.1) is 0 Å². The summed E-state index contributed by atoms with van der Waals surface area (Å²) >= 11 is 0. The molecule has 2 rings (SSSR count). The maximum Gasteiger partial charge on any atom is 0.223 e. The number of hydrogen-bond acceptors (Lipinski definition) is 3. The first kappa shape index (κ1) is 22.0. The van der Waals surface area contributed by atoms with Crippen LogP contribution in [0.4, 0.5) is 0 Å². The van der Waals surface area contributed by atoms with Crippen LogP contribution in [-0.4, -0.2) is 50.1 Å². The Labute approximate surface area is 148 Å². The molecule has 1 saturated carbocycles. The van der Waals surface area contributed by atoms with Crippen LogP contribution in [0.15, 0.2) is 0 Å². The van der Waals surface area contributed by atoms with Gasteiger partial charge in [0.15, 0.2) is 0 Å². The van der Waals surface area contributed by atoms with Crippen molar-refractivity contribution in [2.45, 2.75) is 45.1 Å². The van der Waals surface area contributed by atoms with Crippen molar-refractivity contribution in [3.8, 4) is 0 Å². The SMILES string of the molecule is CC1CCCC(CNC(=O)C(C)C2CNC2)(N(C)C)C1.Cl.Cl. The predicted molar refractivity (Wildman–Crippen MR) is 97.1 cm³/mol. The van der Waals surface area contributed by atoms with E-state index < -0.39 is 0 Å². The Hall–Kier alpha value is -0.0300. The standard InChI is InChI=1S/C16H31N3O.2ClH/c1-12-6-5-7-16(8-12,19(3)4)11-18-15(20)13(2)14-9-17-10-14;;/h12-14,17H,5-11H2,1-4H3,(H,18,20);2*1H. The molecule has 1 saturated heterocycles. The molecule has 1 heterocycles. The average molecular weight is 354 g/mol. The van der Waals surface area contributed by atoms with Crippen LogP contribution >= 0.6 is 24.8 Å². The van der Waals surface area contributed by atoms with Crippen LogP contribution in [-0.2, 0) is 4.79 Å². The van der Waals surface area contributed by atoms with Crippen LogP contribution in [0.25, 0.3) is 0 Å². The van der Waals surface area contributed by atoms with Crippen molar-refractivity contribution in [3.05, 3.63) is 0 Å². The summed E-state index contributed by atoms with van der Waals surface area (Å²) in [4.78, 5) is 14.6. The number of carbonyl (C=O) groups excluding carboxylic acids is 1. The smallest absolute Gasteiger partial charge is 0.223 e. The summed E-state index contributed by atoms with van der Waals surface area (Å²) in [6.07, 6.45) is 4.99. The van der Waals surface area contributed by atoms with Crippen molar-refractivity contribution < 1.29 is 4.79 Å². The lowest BCUT2D eigenvalue weighted by atomic mass is 9.75. The highest BCUT2D eigenvalue weighted by Crippen LogP contribution is 2.35. The van der Waals surface area contributed by atoms with Gasteiger partial charge in [0, 0.05) is 18.0 Å². The first-order valence-corrected chi connectivity index (χ1v) is 8.10. The quantitative estimate of drug-likeness (QED) is 0.796. The zero-order valence-electron chi connectivity index (χ0n) is 14.4. The van der Waals surface area contributed by atoms with E-state index in [1.165, 1.54) is 25.7 Å². The van der Waals surface area contributed by atoms with E-state index in [1.807, 2.05) is 0 Å². The van der Waals surface area contributed by atoms with Gasteiger partial charge in [-0.3, -0.25) is 4.79 Å². The second-order valence-electron chi connectivity index (χ2n) is 7.25. The van der Waals surface area contributed by atoms with Gasteiger partial charge in [0.25, 0.3) is 0 Å². The highest BCUT2D eigenvalue weighted by atomic mass is 35.5. The van der Waals surface area contributed by atoms with Gasteiger partial charge < -0.3 is 15.5 Å².